The fraction of sp³-hybridized carbons (Fsp3) is 0.0714. The first-order valence-corrected chi connectivity index (χ1v) is 5.56. The van der Waals surface area contributed by atoms with E-state index in [2.05, 4.69) is 9.72 Å². The van der Waals surface area contributed by atoms with Crippen LogP contribution in [-0.2, 0) is 0 Å². The van der Waals surface area contributed by atoms with Crippen molar-refractivity contribution in [2.24, 2.45) is 0 Å². The topological polar surface area (TPSA) is 42.1 Å². The molecule has 1 aromatic carbocycles. The van der Waals surface area contributed by atoms with Crippen molar-refractivity contribution in [2.75, 3.05) is 0 Å². The smallest absolute Gasteiger partial charge is 0.387 e. The van der Waals surface area contributed by atoms with Crippen LogP contribution in [0.4, 0.5) is 8.78 Å². The number of nitrogens with one attached hydrogen (secondary N) is 1. The van der Waals surface area contributed by atoms with Gasteiger partial charge in [-0.25, -0.2) is 0 Å². The number of ketones is 1. The standard InChI is InChI=1S/C14H11F2NO2/c15-14(16)19-12-5-1-3-10(9-12)13(18)7-6-11-4-2-8-17-11/h1-9,14,17H/b7-6+. The molecule has 0 amide bonds. The third kappa shape index (κ3) is 3.77. The van der Waals surface area contributed by atoms with Crippen LogP contribution in [0.2, 0.25) is 0 Å². The highest BCUT2D eigenvalue weighted by atomic mass is 19.3. The highest BCUT2D eigenvalue weighted by Crippen LogP contribution is 2.16. The van der Waals surface area contributed by atoms with Gasteiger partial charge in [-0.1, -0.05) is 12.1 Å². The number of rotatable bonds is 5. The molecule has 0 fully saturated rings. The summed E-state index contributed by atoms with van der Waals surface area (Å²) in [7, 11) is 0. The van der Waals surface area contributed by atoms with Gasteiger partial charge >= 0.3 is 6.61 Å². The van der Waals surface area contributed by atoms with Gasteiger partial charge in [-0.05, 0) is 36.4 Å². The molecule has 0 radical (unpaired) electrons. The van der Waals surface area contributed by atoms with Crippen molar-refractivity contribution >= 4 is 11.9 Å². The van der Waals surface area contributed by atoms with E-state index in [1.165, 1.54) is 24.3 Å². The number of alkyl halides is 2. The number of H-pyrrole nitrogens is 1. The van der Waals surface area contributed by atoms with Gasteiger partial charge in [0, 0.05) is 17.5 Å². The molecule has 0 unspecified atom stereocenters. The lowest BCUT2D eigenvalue weighted by Gasteiger charge is -2.04. The molecule has 1 heterocycles. The third-order valence-corrected chi connectivity index (χ3v) is 2.38. The first-order valence-electron chi connectivity index (χ1n) is 5.56. The molecule has 0 atom stereocenters. The lowest BCUT2D eigenvalue weighted by atomic mass is 10.1. The van der Waals surface area contributed by atoms with Crippen molar-refractivity contribution in [1.82, 2.24) is 4.98 Å². The van der Waals surface area contributed by atoms with E-state index < -0.39 is 6.61 Å². The van der Waals surface area contributed by atoms with E-state index >= 15 is 0 Å². The number of carbonyl (C=O) groups excluding carboxylic acids is 1. The number of halogens is 2. The molecule has 98 valence electrons. The van der Waals surface area contributed by atoms with Gasteiger partial charge in [-0.2, -0.15) is 8.78 Å². The van der Waals surface area contributed by atoms with E-state index in [0.29, 0.717) is 5.56 Å². The van der Waals surface area contributed by atoms with E-state index in [9.17, 15) is 13.6 Å². The van der Waals surface area contributed by atoms with Gasteiger partial charge in [-0.15, -0.1) is 0 Å². The van der Waals surface area contributed by atoms with Crippen molar-refractivity contribution < 1.29 is 18.3 Å². The summed E-state index contributed by atoms with van der Waals surface area (Å²) in [5.41, 5.74) is 1.08. The number of aromatic amines is 1. The average molecular weight is 263 g/mol. The number of hydrogen-bond acceptors (Lipinski definition) is 2. The second-order valence-electron chi connectivity index (χ2n) is 3.73. The van der Waals surface area contributed by atoms with Crippen LogP contribution in [0.3, 0.4) is 0 Å². The fourth-order valence-corrected chi connectivity index (χ4v) is 1.54. The predicted octanol–water partition coefficient (Wildman–Crippen LogP) is 3.51. The Kier molecular flexibility index (Phi) is 4.07. The Morgan fingerprint density at radius 1 is 1.26 bits per heavy atom. The highest BCUT2D eigenvalue weighted by Gasteiger charge is 2.07. The zero-order chi connectivity index (χ0) is 13.7. The molecule has 0 aliphatic rings. The molecule has 1 N–H and O–H groups in total. The number of hydrogen-bond donors (Lipinski definition) is 1. The van der Waals surface area contributed by atoms with Crippen LogP contribution in [0, 0.1) is 0 Å². The molecular weight excluding hydrogens is 252 g/mol. The summed E-state index contributed by atoms with van der Waals surface area (Å²) in [6.07, 6.45) is 4.72. The minimum atomic E-state index is -2.90. The summed E-state index contributed by atoms with van der Waals surface area (Å²) in [6.45, 7) is -2.90. The van der Waals surface area contributed by atoms with E-state index in [4.69, 9.17) is 0 Å². The van der Waals surface area contributed by atoms with E-state index in [-0.39, 0.29) is 11.5 Å². The molecule has 2 aromatic rings. The van der Waals surface area contributed by atoms with Gasteiger partial charge in [-0.3, -0.25) is 4.79 Å². The fourth-order valence-electron chi connectivity index (χ4n) is 1.54. The van der Waals surface area contributed by atoms with Crippen molar-refractivity contribution in [3.05, 3.63) is 59.9 Å². The Bertz CT molecular complexity index is 577. The van der Waals surface area contributed by atoms with Crippen molar-refractivity contribution in [2.45, 2.75) is 6.61 Å². The minimum absolute atomic E-state index is 0.0332. The largest absolute Gasteiger partial charge is 0.435 e. The van der Waals surface area contributed by atoms with Crippen LogP contribution in [0.15, 0.2) is 48.7 Å². The maximum Gasteiger partial charge on any atom is 0.387 e. The monoisotopic (exact) mass is 263 g/mol. The number of benzene rings is 1. The molecule has 3 nitrogen and oxygen atoms in total. The Hall–Kier alpha value is -2.43. The molecule has 2 rings (SSSR count). The second-order valence-corrected chi connectivity index (χ2v) is 3.73. The molecule has 1 aromatic heterocycles. The zero-order valence-corrected chi connectivity index (χ0v) is 9.85. The molecule has 0 aliphatic heterocycles. The maximum absolute atomic E-state index is 12.1. The Balaban J connectivity index is 2.10. The van der Waals surface area contributed by atoms with Crippen molar-refractivity contribution in [3.63, 3.8) is 0 Å². The molecule has 0 spiro atoms. The van der Waals surface area contributed by atoms with E-state index in [0.717, 1.165) is 5.69 Å². The average Bonchev–Trinajstić information content (AvgIpc) is 2.88. The van der Waals surface area contributed by atoms with E-state index in [1.54, 1.807) is 30.5 Å². The first kappa shape index (κ1) is 13.0. The third-order valence-electron chi connectivity index (χ3n) is 2.38. The normalized spacial score (nSPS) is 11.1. The van der Waals surface area contributed by atoms with Gasteiger partial charge in [0.1, 0.15) is 5.75 Å². The zero-order valence-electron chi connectivity index (χ0n) is 9.85. The molecular formula is C14H11F2NO2. The predicted molar refractivity (Wildman–Crippen MR) is 67.2 cm³/mol. The summed E-state index contributed by atoms with van der Waals surface area (Å²) in [5, 5.41) is 0. The molecule has 5 heteroatoms. The summed E-state index contributed by atoms with van der Waals surface area (Å²) in [6, 6.07) is 9.31. The Labute approximate surface area is 108 Å². The lowest BCUT2D eigenvalue weighted by molar-refractivity contribution is -0.0498. The summed E-state index contributed by atoms with van der Waals surface area (Å²) < 4.78 is 28.4. The number of allylic oxidation sites excluding steroid dienone is 1. The quantitative estimate of drug-likeness (QED) is 0.662. The summed E-state index contributed by atoms with van der Waals surface area (Å²) in [5.74, 6) is -0.316. The van der Waals surface area contributed by atoms with Crippen LogP contribution < -0.4 is 4.74 Å². The van der Waals surface area contributed by atoms with Crippen LogP contribution in [-0.4, -0.2) is 17.4 Å². The molecule has 0 bridgehead atoms. The van der Waals surface area contributed by atoms with Crippen molar-refractivity contribution in [3.8, 4) is 5.75 Å². The van der Waals surface area contributed by atoms with Gasteiger partial charge in [0.2, 0.25) is 0 Å². The van der Waals surface area contributed by atoms with Gasteiger partial charge in [0.25, 0.3) is 0 Å². The molecule has 0 aliphatic carbocycles. The van der Waals surface area contributed by atoms with Gasteiger partial charge in [0.05, 0.1) is 0 Å². The van der Waals surface area contributed by atoms with Gasteiger partial charge in [0.15, 0.2) is 5.78 Å². The van der Waals surface area contributed by atoms with Crippen molar-refractivity contribution in [1.29, 1.82) is 0 Å². The number of aromatic nitrogens is 1. The molecule has 0 saturated carbocycles. The van der Waals surface area contributed by atoms with Crippen LogP contribution in [0.1, 0.15) is 16.1 Å². The van der Waals surface area contributed by atoms with Crippen LogP contribution in [0.5, 0.6) is 5.75 Å². The number of ether oxygens (including phenoxy) is 1. The number of carbonyl (C=O) groups is 1. The lowest BCUT2D eigenvalue weighted by Crippen LogP contribution is -2.03. The Morgan fingerprint density at radius 3 is 2.79 bits per heavy atom. The minimum Gasteiger partial charge on any atom is -0.435 e. The summed E-state index contributed by atoms with van der Waals surface area (Å²) >= 11 is 0. The molecule has 0 saturated heterocycles. The van der Waals surface area contributed by atoms with Crippen LogP contribution in [0.25, 0.3) is 6.08 Å². The van der Waals surface area contributed by atoms with Gasteiger partial charge < -0.3 is 9.72 Å². The Morgan fingerprint density at radius 2 is 2.11 bits per heavy atom. The highest BCUT2D eigenvalue weighted by molar-refractivity contribution is 6.06. The first-order chi connectivity index (χ1) is 9.15. The molecule has 19 heavy (non-hydrogen) atoms. The second kappa shape index (κ2) is 5.95. The summed E-state index contributed by atoms with van der Waals surface area (Å²) in [4.78, 5) is 14.8. The van der Waals surface area contributed by atoms with Crippen LogP contribution >= 0.6 is 0 Å². The SMILES string of the molecule is O=C(/C=C/c1ccc[nH]1)c1cccc(OC(F)F)c1. The van der Waals surface area contributed by atoms with E-state index in [1.807, 2.05) is 0 Å². The maximum atomic E-state index is 12.1.